The third kappa shape index (κ3) is 4.00. The molecular formula is C20H20N2O3. The van der Waals surface area contributed by atoms with Gasteiger partial charge in [-0.15, -0.1) is 0 Å². The maximum Gasteiger partial charge on any atom is 0.156 e. The number of rotatable bonds is 6. The summed E-state index contributed by atoms with van der Waals surface area (Å²) in [5, 5.41) is 7.46. The van der Waals surface area contributed by atoms with Crippen molar-refractivity contribution in [1.82, 2.24) is 5.16 Å². The Morgan fingerprint density at radius 3 is 2.68 bits per heavy atom. The molecule has 25 heavy (non-hydrogen) atoms. The lowest BCUT2D eigenvalue weighted by molar-refractivity contribution is 0.141. The van der Waals surface area contributed by atoms with Crippen LogP contribution in [0.15, 0.2) is 65.2 Å². The fraction of sp³-hybridized carbons (Fsp3) is 0.250. The lowest BCUT2D eigenvalue weighted by Crippen LogP contribution is -2.15. The van der Waals surface area contributed by atoms with Crippen LogP contribution in [0.25, 0.3) is 11.3 Å². The molecule has 1 unspecified atom stereocenters. The molecule has 1 aromatic heterocycles. The first kappa shape index (κ1) is 15.7. The maximum absolute atomic E-state index is 5.86. The van der Waals surface area contributed by atoms with E-state index in [1.807, 2.05) is 60.7 Å². The van der Waals surface area contributed by atoms with Crippen LogP contribution in [0.3, 0.4) is 0 Å². The normalized spacial score (nSPS) is 16.7. The highest BCUT2D eigenvalue weighted by Crippen LogP contribution is 2.21. The molecule has 0 bridgehead atoms. The molecule has 2 aromatic carbocycles. The average Bonchev–Trinajstić information content (AvgIpc) is 3.34. The highest BCUT2D eigenvalue weighted by atomic mass is 16.5. The lowest BCUT2D eigenvalue weighted by atomic mass is 10.1. The molecule has 1 fully saturated rings. The fourth-order valence-electron chi connectivity index (χ4n) is 2.78. The predicted molar refractivity (Wildman–Crippen MR) is 95.6 cm³/mol. The standard InChI is InChI=1S/C20H20N2O3/c1-2-4-15(5-3-1)20-12-19(25-22-20)13-21-16-6-8-17(9-7-16)24-18-10-11-23-14-18/h1-9,12,18,21H,10-11,13-14H2. The quantitative estimate of drug-likeness (QED) is 0.734. The van der Waals surface area contributed by atoms with E-state index in [1.165, 1.54) is 0 Å². The van der Waals surface area contributed by atoms with E-state index in [-0.39, 0.29) is 6.10 Å². The summed E-state index contributed by atoms with van der Waals surface area (Å²) in [5.41, 5.74) is 2.91. The zero-order chi connectivity index (χ0) is 16.9. The molecular weight excluding hydrogens is 316 g/mol. The van der Waals surface area contributed by atoms with Crippen molar-refractivity contribution in [3.05, 3.63) is 66.4 Å². The molecule has 0 amide bonds. The van der Waals surface area contributed by atoms with Crippen LogP contribution >= 0.6 is 0 Å². The van der Waals surface area contributed by atoms with Crippen molar-refractivity contribution in [2.45, 2.75) is 19.1 Å². The van der Waals surface area contributed by atoms with Crippen molar-refractivity contribution in [1.29, 1.82) is 0 Å². The Hall–Kier alpha value is -2.79. The van der Waals surface area contributed by atoms with Crippen LogP contribution < -0.4 is 10.1 Å². The Kier molecular flexibility index (Phi) is 4.65. The summed E-state index contributed by atoms with van der Waals surface area (Å²) >= 11 is 0. The van der Waals surface area contributed by atoms with Gasteiger partial charge in [-0.2, -0.15) is 0 Å². The van der Waals surface area contributed by atoms with Gasteiger partial charge in [-0.05, 0) is 24.3 Å². The molecule has 1 aliphatic rings. The monoisotopic (exact) mass is 336 g/mol. The van der Waals surface area contributed by atoms with Crippen LogP contribution in [0.2, 0.25) is 0 Å². The van der Waals surface area contributed by atoms with E-state index in [9.17, 15) is 0 Å². The molecule has 0 spiro atoms. The Balaban J connectivity index is 1.33. The van der Waals surface area contributed by atoms with Gasteiger partial charge in [0.15, 0.2) is 5.76 Å². The van der Waals surface area contributed by atoms with Gasteiger partial charge in [0.25, 0.3) is 0 Å². The maximum atomic E-state index is 5.86. The van der Waals surface area contributed by atoms with Crippen molar-refractivity contribution in [3.63, 3.8) is 0 Å². The molecule has 0 saturated carbocycles. The summed E-state index contributed by atoms with van der Waals surface area (Å²) in [6.07, 6.45) is 1.12. The molecule has 3 aromatic rings. The molecule has 0 aliphatic carbocycles. The van der Waals surface area contributed by atoms with Gasteiger partial charge in [0.2, 0.25) is 0 Å². The molecule has 4 rings (SSSR count). The van der Waals surface area contributed by atoms with Crippen LogP contribution in [-0.4, -0.2) is 24.5 Å². The molecule has 2 heterocycles. The van der Waals surface area contributed by atoms with Crippen molar-refractivity contribution < 1.29 is 14.0 Å². The number of aromatic nitrogens is 1. The second kappa shape index (κ2) is 7.40. The molecule has 1 N–H and O–H groups in total. The van der Waals surface area contributed by atoms with Crippen molar-refractivity contribution in [2.75, 3.05) is 18.5 Å². The van der Waals surface area contributed by atoms with Gasteiger partial charge in [-0.3, -0.25) is 0 Å². The summed E-state index contributed by atoms with van der Waals surface area (Å²) < 4.78 is 16.6. The van der Waals surface area contributed by atoms with E-state index >= 15 is 0 Å². The highest BCUT2D eigenvalue weighted by molar-refractivity contribution is 5.58. The fourth-order valence-corrected chi connectivity index (χ4v) is 2.78. The highest BCUT2D eigenvalue weighted by Gasteiger charge is 2.16. The predicted octanol–water partition coefficient (Wildman–Crippen LogP) is 4.12. The summed E-state index contributed by atoms with van der Waals surface area (Å²) in [4.78, 5) is 0. The van der Waals surface area contributed by atoms with Crippen molar-refractivity contribution >= 4 is 5.69 Å². The number of nitrogens with zero attached hydrogens (tertiary/aromatic N) is 1. The first-order valence-electron chi connectivity index (χ1n) is 8.46. The van der Waals surface area contributed by atoms with Crippen LogP contribution in [0, 0.1) is 0 Å². The van der Waals surface area contributed by atoms with E-state index in [0.717, 1.165) is 41.5 Å². The van der Waals surface area contributed by atoms with Gasteiger partial charge in [0.05, 0.1) is 19.8 Å². The number of ether oxygens (including phenoxy) is 2. The van der Waals surface area contributed by atoms with Gasteiger partial charge in [-0.1, -0.05) is 35.5 Å². The summed E-state index contributed by atoms with van der Waals surface area (Å²) in [7, 11) is 0. The third-order valence-electron chi connectivity index (χ3n) is 4.14. The molecule has 5 heteroatoms. The third-order valence-corrected chi connectivity index (χ3v) is 4.14. The SMILES string of the molecule is c1ccc(-c2cc(CNc3ccc(OC4CCOC4)cc3)on2)cc1. The molecule has 5 nitrogen and oxygen atoms in total. The zero-order valence-corrected chi connectivity index (χ0v) is 13.9. The first-order chi connectivity index (χ1) is 12.4. The largest absolute Gasteiger partial charge is 0.488 e. The van der Waals surface area contributed by atoms with E-state index in [0.29, 0.717) is 13.2 Å². The number of benzene rings is 2. The van der Waals surface area contributed by atoms with Gasteiger partial charge >= 0.3 is 0 Å². The second-order valence-corrected chi connectivity index (χ2v) is 6.03. The first-order valence-corrected chi connectivity index (χ1v) is 8.46. The Morgan fingerprint density at radius 1 is 1.08 bits per heavy atom. The van der Waals surface area contributed by atoms with Crippen LogP contribution in [-0.2, 0) is 11.3 Å². The van der Waals surface area contributed by atoms with Crippen molar-refractivity contribution in [2.24, 2.45) is 0 Å². The van der Waals surface area contributed by atoms with Gasteiger partial charge in [0, 0.05) is 23.7 Å². The minimum atomic E-state index is 0.171. The molecule has 1 saturated heterocycles. The smallest absolute Gasteiger partial charge is 0.156 e. The molecule has 1 atom stereocenters. The van der Waals surface area contributed by atoms with Gasteiger partial charge in [0.1, 0.15) is 17.5 Å². The molecule has 1 aliphatic heterocycles. The van der Waals surface area contributed by atoms with E-state index in [4.69, 9.17) is 14.0 Å². The molecule has 128 valence electrons. The number of hydrogen-bond acceptors (Lipinski definition) is 5. The van der Waals surface area contributed by atoms with Crippen LogP contribution in [0.5, 0.6) is 5.75 Å². The zero-order valence-electron chi connectivity index (χ0n) is 13.9. The Labute approximate surface area is 146 Å². The number of nitrogens with one attached hydrogen (secondary N) is 1. The van der Waals surface area contributed by atoms with E-state index < -0.39 is 0 Å². The van der Waals surface area contributed by atoms with E-state index in [1.54, 1.807) is 0 Å². The summed E-state index contributed by atoms with van der Waals surface area (Å²) in [5.74, 6) is 1.66. The number of anilines is 1. The minimum absolute atomic E-state index is 0.171. The van der Waals surface area contributed by atoms with E-state index in [2.05, 4.69) is 10.5 Å². The number of hydrogen-bond donors (Lipinski definition) is 1. The van der Waals surface area contributed by atoms with Crippen molar-refractivity contribution in [3.8, 4) is 17.0 Å². The second-order valence-electron chi connectivity index (χ2n) is 6.03. The lowest BCUT2D eigenvalue weighted by Gasteiger charge is -2.12. The summed E-state index contributed by atoms with van der Waals surface area (Å²) in [6, 6.07) is 19.9. The van der Waals surface area contributed by atoms with Crippen LogP contribution in [0.4, 0.5) is 5.69 Å². The minimum Gasteiger partial charge on any atom is -0.488 e. The Morgan fingerprint density at radius 2 is 1.92 bits per heavy atom. The average molecular weight is 336 g/mol. The Bertz CT molecular complexity index is 793. The van der Waals surface area contributed by atoms with Gasteiger partial charge in [-0.25, -0.2) is 0 Å². The molecule has 0 radical (unpaired) electrons. The van der Waals surface area contributed by atoms with Crippen LogP contribution in [0.1, 0.15) is 12.2 Å². The summed E-state index contributed by atoms with van der Waals surface area (Å²) in [6.45, 7) is 2.04. The van der Waals surface area contributed by atoms with Gasteiger partial charge < -0.3 is 19.3 Å². The topological polar surface area (TPSA) is 56.5 Å².